The maximum Gasteiger partial charge on any atom is 0.389 e. The Morgan fingerprint density at radius 3 is 2.25 bits per heavy atom. The molecule has 0 saturated carbocycles. The lowest BCUT2D eigenvalue weighted by atomic mass is 10.0. The number of benzene rings is 1. The Labute approximate surface area is 115 Å². The van der Waals surface area contributed by atoms with Crippen molar-refractivity contribution >= 4 is 0 Å². The number of alkyl halides is 3. The molecule has 0 bridgehead atoms. The molecule has 1 N–H and O–H groups in total. The van der Waals surface area contributed by atoms with Gasteiger partial charge in [0, 0.05) is 18.0 Å². The summed E-state index contributed by atoms with van der Waals surface area (Å²) in [6.07, 6.45) is -4.78. The molecule has 0 radical (unpaired) electrons. The van der Waals surface area contributed by atoms with E-state index in [-0.39, 0.29) is 18.4 Å². The molecule has 0 fully saturated rings. The van der Waals surface area contributed by atoms with Gasteiger partial charge in [-0.25, -0.2) is 8.78 Å². The molecule has 0 spiro atoms. The highest BCUT2D eigenvalue weighted by molar-refractivity contribution is 5.20. The van der Waals surface area contributed by atoms with Crippen LogP contribution in [0.3, 0.4) is 0 Å². The first kappa shape index (κ1) is 16.9. The minimum Gasteiger partial charge on any atom is -0.314 e. The lowest BCUT2D eigenvalue weighted by molar-refractivity contribution is -0.136. The zero-order valence-electron chi connectivity index (χ0n) is 11.2. The van der Waals surface area contributed by atoms with Crippen LogP contribution in [0.1, 0.15) is 31.7 Å². The van der Waals surface area contributed by atoms with Gasteiger partial charge in [-0.2, -0.15) is 13.2 Å². The summed E-state index contributed by atoms with van der Waals surface area (Å²) >= 11 is 0. The zero-order chi connectivity index (χ0) is 15.2. The van der Waals surface area contributed by atoms with E-state index in [2.05, 4.69) is 5.32 Å². The minimum absolute atomic E-state index is 0.0887. The van der Waals surface area contributed by atoms with Gasteiger partial charge in [-0.15, -0.1) is 0 Å². The second-order valence-corrected chi connectivity index (χ2v) is 4.71. The quantitative estimate of drug-likeness (QED) is 0.743. The van der Waals surface area contributed by atoms with E-state index in [0.29, 0.717) is 6.54 Å². The number of halogens is 5. The van der Waals surface area contributed by atoms with Crippen molar-refractivity contribution in [1.29, 1.82) is 0 Å². The normalized spacial score (nSPS) is 13.5. The van der Waals surface area contributed by atoms with Crippen molar-refractivity contribution < 1.29 is 22.0 Å². The summed E-state index contributed by atoms with van der Waals surface area (Å²) in [7, 11) is 0. The fraction of sp³-hybridized carbons (Fsp3) is 0.571. The third kappa shape index (κ3) is 5.86. The molecule has 0 amide bonds. The van der Waals surface area contributed by atoms with Crippen molar-refractivity contribution in [3.05, 3.63) is 35.4 Å². The van der Waals surface area contributed by atoms with E-state index < -0.39 is 30.3 Å². The summed E-state index contributed by atoms with van der Waals surface area (Å²) in [5.74, 6) is -1.44. The second-order valence-electron chi connectivity index (χ2n) is 4.71. The molecule has 1 aromatic carbocycles. The lowest BCUT2D eigenvalue weighted by Gasteiger charge is -2.20. The molecule has 0 heterocycles. The first-order chi connectivity index (χ1) is 9.33. The summed E-state index contributed by atoms with van der Waals surface area (Å²) in [4.78, 5) is 0. The van der Waals surface area contributed by atoms with Crippen LogP contribution in [0.5, 0.6) is 0 Å². The number of hydrogen-bond donors (Lipinski definition) is 1. The predicted molar refractivity (Wildman–Crippen MR) is 67.4 cm³/mol. The SMILES string of the molecule is CCCNC(CCC(F)(F)F)Cc1c(F)cccc1F. The van der Waals surface area contributed by atoms with Gasteiger partial charge < -0.3 is 5.32 Å². The van der Waals surface area contributed by atoms with Crippen LogP contribution in [0.2, 0.25) is 0 Å². The van der Waals surface area contributed by atoms with Gasteiger partial charge in [-0.1, -0.05) is 13.0 Å². The topological polar surface area (TPSA) is 12.0 Å². The van der Waals surface area contributed by atoms with Gasteiger partial charge in [-0.05, 0) is 37.9 Å². The van der Waals surface area contributed by atoms with Crippen LogP contribution in [0, 0.1) is 11.6 Å². The highest BCUT2D eigenvalue weighted by Crippen LogP contribution is 2.24. The monoisotopic (exact) mass is 295 g/mol. The minimum atomic E-state index is -4.26. The van der Waals surface area contributed by atoms with E-state index in [1.165, 1.54) is 6.07 Å². The Morgan fingerprint density at radius 2 is 1.75 bits per heavy atom. The van der Waals surface area contributed by atoms with Gasteiger partial charge in [-0.3, -0.25) is 0 Å². The molecule has 114 valence electrons. The second kappa shape index (κ2) is 7.57. The molecule has 0 aliphatic rings. The lowest BCUT2D eigenvalue weighted by Crippen LogP contribution is -2.33. The molecule has 0 aliphatic heterocycles. The standard InChI is InChI=1S/C14H18F5N/c1-2-8-20-10(6-7-14(17,18)19)9-11-12(15)4-3-5-13(11)16/h3-5,10,20H,2,6-9H2,1H3. The first-order valence-corrected chi connectivity index (χ1v) is 6.56. The van der Waals surface area contributed by atoms with Crippen LogP contribution in [0.15, 0.2) is 18.2 Å². The Balaban J connectivity index is 2.73. The largest absolute Gasteiger partial charge is 0.389 e. The third-order valence-corrected chi connectivity index (χ3v) is 2.97. The fourth-order valence-corrected chi connectivity index (χ4v) is 1.94. The van der Waals surface area contributed by atoms with E-state index in [0.717, 1.165) is 18.6 Å². The van der Waals surface area contributed by atoms with Crippen LogP contribution >= 0.6 is 0 Å². The Morgan fingerprint density at radius 1 is 1.15 bits per heavy atom. The van der Waals surface area contributed by atoms with Crippen LogP contribution in [-0.4, -0.2) is 18.8 Å². The smallest absolute Gasteiger partial charge is 0.314 e. The van der Waals surface area contributed by atoms with Crippen molar-refractivity contribution in [3.63, 3.8) is 0 Å². The Bertz CT molecular complexity index is 396. The summed E-state index contributed by atoms with van der Waals surface area (Å²) < 4.78 is 63.8. The van der Waals surface area contributed by atoms with Gasteiger partial charge in [0.15, 0.2) is 0 Å². The van der Waals surface area contributed by atoms with Gasteiger partial charge in [0.05, 0.1) is 0 Å². The molecule has 1 nitrogen and oxygen atoms in total. The van der Waals surface area contributed by atoms with Crippen LogP contribution in [-0.2, 0) is 6.42 Å². The Hall–Kier alpha value is -1.17. The van der Waals surface area contributed by atoms with Crippen molar-refractivity contribution in [2.75, 3.05) is 6.54 Å². The number of hydrogen-bond acceptors (Lipinski definition) is 1. The summed E-state index contributed by atoms with van der Waals surface area (Å²) in [6.45, 7) is 2.39. The molecular formula is C14H18F5N. The van der Waals surface area contributed by atoms with Crippen molar-refractivity contribution in [2.45, 2.75) is 44.8 Å². The fourth-order valence-electron chi connectivity index (χ4n) is 1.94. The maximum atomic E-state index is 13.5. The Kier molecular flexibility index (Phi) is 6.39. The van der Waals surface area contributed by atoms with Crippen LogP contribution < -0.4 is 5.32 Å². The molecule has 1 atom stereocenters. The predicted octanol–water partition coefficient (Wildman–Crippen LogP) is 4.22. The molecule has 0 saturated heterocycles. The molecule has 20 heavy (non-hydrogen) atoms. The number of rotatable bonds is 7. The third-order valence-electron chi connectivity index (χ3n) is 2.97. The molecule has 1 unspecified atom stereocenters. The summed E-state index contributed by atoms with van der Waals surface area (Å²) in [6, 6.07) is 2.86. The first-order valence-electron chi connectivity index (χ1n) is 6.56. The van der Waals surface area contributed by atoms with E-state index in [9.17, 15) is 22.0 Å². The van der Waals surface area contributed by atoms with Crippen molar-refractivity contribution in [2.24, 2.45) is 0 Å². The van der Waals surface area contributed by atoms with Crippen LogP contribution in [0.4, 0.5) is 22.0 Å². The average Bonchev–Trinajstić information content (AvgIpc) is 2.35. The zero-order valence-corrected chi connectivity index (χ0v) is 11.2. The van der Waals surface area contributed by atoms with Gasteiger partial charge in [0.1, 0.15) is 11.6 Å². The summed E-state index contributed by atoms with van der Waals surface area (Å²) in [5.41, 5.74) is -0.164. The molecule has 0 aliphatic carbocycles. The average molecular weight is 295 g/mol. The van der Waals surface area contributed by atoms with E-state index in [1.807, 2.05) is 6.92 Å². The van der Waals surface area contributed by atoms with E-state index in [1.54, 1.807) is 0 Å². The van der Waals surface area contributed by atoms with E-state index >= 15 is 0 Å². The van der Waals surface area contributed by atoms with Gasteiger partial charge >= 0.3 is 6.18 Å². The molecule has 6 heteroatoms. The summed E-state index contributed by atoms with van der Waals surface area (Å²) in [5, 5.41) is 2.91. The molecule has 1 rings (SSSR count). The maximum absolute atomic E-state index is 13.5. The number of nitrogens with one attached hydrogen (secondary N) is 1. The van der Waals surface area contributed by atoms with Crippen molar-refractivity contribution in [3.8, 4) is 0 Å². The van der Waals surface area contributed by atoms with Gasteiger partial charge in [0.25, 0.3) is 0 Å². The van der Waals surface area contributed by atoms with Gasteiger partial charge in [0.2, 0.25) is 0 Å². The molecule has 0 aromatic heterocycles. The van der Waals surface area contributed by atoms with Crippen molar-refractivity contribution in [1.82, 2.24) is 5.32 Å². The molecule has 1 aromatic rings. The highest BCUT2D eigenvalue weighted by atomic mass is 19.4. The molecular weight excluding hydrogens is 277 g/mol. The highest BCUT2D eigenvalue weighted by Gasteiger charge is 2.28. The van der Waals surface area contributed by atoms with E-state index in [4.69, 9.17) is 0 Å². The van der Waals surface area contributed by atoms with Crippen LogP contribution in [0.25, 0.3) is 0 Å².